The van der Waals surface area contributed by atoms with Gasteiger partial charge in [0, 0.05) is 12.1 Å². The first-order valence-electron chi connectivity index (χ1n) is 6.09. The molecular weight excluding hydrogens is 220 g/mol. The summed E-state index contributed by atoms with van der Waals surface area (Å²) in [6, 6.07) is 7.16. The monoisotopic (exact) mass is 236 g/mol. The first-order valence-corrected chi connectivity index (χ1v) is 6.47. The predicted octanol–water partition coefficient (Wildman–Crippen LogP) is 3.44. The number of halogens is 1. The Morgan fingerprint density at radius 3 is 2.44 bits per heavy atom. The molecule has 16 heavy (non-hydrogen) atoms. The van der Waals surface area contributed by atoms with Crippen LogP contribution in [0.3, 0.4) is 0 Å². The van der Waals surface area contributed by atoms with Gasteiger partial charge in [-0.3, -0.25) is 0 Å². The minimum absolute atomic E-state index is 0.668. The first-order chi connectivity index (χ1) is 7.77. The number of rotatable bonds is 1. The van der Waals surface area contributed by atoms with Crippen molar-refractivity contribution >= 4 is 23.0 Å². The van der Waals surface area contributed by atoms with Crippen molar-refractivity contribution in [3.63, 3.8) is 0 Å². The highest BCUT2D eigenvalue weighted by Gasteiger charge is 2.37. The Morgan fingerprint density at radius 2 is 1.81 bits per heavy atom. The van der Waals surface area contributed by atoms with Gasteiger partial charge in [-0.25, -0.2) is 0 Å². The molecule has 0 aliphatic carbocycles. The molecule has 0 saturated carbocycles. The zero-order valence-corrected chi connectivity index (χ0v) is 10.1. The summed E-state index contributed by atoms with van der Waals surface area (Å²) >= 11 is 6.30. The van der Waals surface area contributed by atoms with Crippen molar-refractivity contribution in [2.45, 2.75) is 44.2 Å². The van der Waals surface area contributed by atoms with E-state index >= 15 is 0 Å². The lowest BCUT2D eigenvalue weighted by Crippen LogP contribution is -2.40. The quantitative estimate of drug-likeness (QED) is 0.757. The second kappa shape index (κ2) is 3.85. The number of nitrogens with two attached hydrogens (primary N) is 1. The van der Waals surface area contributed by atoms with Gasteiger partial charge in [-0.15, -0.1) is 0 Å². The van der Waals surface area contributed by atoms with Crippen molar-refractivity contribution in [3.8, 4) is 0 Å². The van der Waals surface area contributed by atoms with Crippen molar-refractivity contribution < 1.29 is 0 Å². The van der Waals surface area contributed by atoms with Crippen LogP contribution in [0, 0.1) is 0 Å². The number of nitrogens with zero attached hydrogens (tertiary/aromatic N) is 1. The van der Waals surface area contributed by atoms with Crippen molar-refractivity contribution in [2.24, 2.45) is 0 Å². The average molecular weight is 237 g/mol. The van der Waals surface area contributed by atoms with Crippen molar-refractivity contribution in [3.05, 3.63) is 23.2 Å². The van der Waals surface area contributed by atoms with Crippen LogP contribution in [0.1, 0.15) is 32.1 Å². The molecule has 0 radical (unpaired) electrons. The summed E-state index contributed by atoms with van der Waals surface area (Å²) in [6.45, 7) is 0. The standard InChI is InChI=1S/C13H17ClN2/c14-11-5-2-6-12(15)13(11)16-9-3-1-4-10(16)8-7-9/h2,5-6,9-10H,1,3-4,7-8,15H2. The molecule has 2 aliphatic rings. The molecule has 1 aromatic carbocycles. The fourth-order valence-electron chi connectivity index (χ4n) is 3.29. The maximum atomic E-state index is 6.30. The Kier molecular flexibility index (Phi) is 2.47. The summed E-state index contributed by atoms with van der Waals surface area (Å²) in [5.41, 5.74) is 7.98. The summed E-state index contributed by atoms with van der Waals surface area (Å²) in [6.07, 6.45) is 6.54. The Balaban J connectivity index is 2.03. The lowest BCUT2D eigenvalue weighted by Gasteiger charge is -2.38. The average Bonchev–Trinajstić information content (AvgIpc) is 2.51. The van der Waals surface area contributed by atoms with Crippen LogP contribution in [-0.4, -0.2) is 12.1 Å². The van der Waals surface area contributed by atoms with Crippen LogP contribution < -0.4 is 10.6 Å². The maximum Gasteiger partial charge on any atom is 0.0794 e. The number of anilines is 2. The third-order valence-corrected chi connectivity index (χ3v) is 4.28. The largest absolute Gasteiger partial charge is 0.397 e. The SMILES string of the molecule is Nc1cccc(Cl)c1N1C2CCCC1CC2. The smallest absolute Gasteiger partial charge is 0.0794 e. The fourth-order valence-corrected chi connectivity index (χ4v) is 3.57. The highest BCUT2D eigenvalue weighted by atomic mass is 35.5. The highest BCUT2D eigenvalue weighted by molar-refractivity contribution is 6.34. The number of piperidine rings is 1. The Morgan fingerprint density at radius 1 is 1.12 bits per heavy atom. The van der Waals surface area contributed by atoms with Gasteiger partial charge >= 0.3 is 0 Å². The molecular formula is C13H17ClN2. The van der Waals surface area contributed by atoms with E-state index in [-0.39, 0.29) is 0 Å². The molecule has 2 N–H and O–H groups in total. The first kappa shape index (κ1) is 10.3. The molecule has 2 unspecified atom stereocenters. The molecule has 2 aliphatic heterocycles. The molecule has 86 valence electrons. The Bertz CT molecular complexity index is 369. The van der Waals surface area contributed by atoms with Gasteiger partial charge in [0.2, 0.25) is 0 Å². The van der Waals surface area contributed by atoms with Crippen LogP contribution in [0.25, 0.3) is 0 Å². The number of benzene rings is 1. The summed E-state index contributed by atoms with van der Waals surface area (Å²) in [5.74, 6) is 0. The van der Waals surface area contributed by atoms with Gasteiger partial charge in [0.15, 0.2) is 0 Å². The van der Waals surface area contributed by atoms with Gasteiger partial charge < -0.3 is 10.6 Å². The second-order valence-electron chi connectivity index (χ2n) is 4.90. The molecule has 2 bridgehead atoms. The van der Waals surface area contributed by atoms with E-state index < -0.39 is 0 Å². The summed E-state index contributed by atoms with van der Waals surface area (Å²) in [5, 5.41) is 0.804. The van der Waals surface area contributed by atoms with Crippen LogP contribution in [-0.2, 0) is 0 Å². The molecule has 0 amide bonds. The van der Waals surface area contributed by atoms with Gasteiger partial charge in [0.05, 0.1) is 16.4 Å². The predicted molar refractivity (Wildman–Crippen MR) is 69.0 cm³/mol. The summed E-state index contributed by atoms with van der Waals surface area (Å²) < 4.78 is 0. The van der Waals surface area contributed by atoms with Crippen LogP contribution in [0.5, 0.6) is 0 Å². The third-order valence-electron chi connectivity index (χ3n) is 3.97. The molecule has 2 heterocycles. The van der Waals surface area contributed by atoms with E-state index in [1.807, 2.05) is 18.2 Å². The van der Waals surface area contributed by atoms with Gasteiger partial charge in [0.25, 0.3) is 0 Å². The van der Waals surface area contributed by atoms with E-state index in [4.69, 9.17) is 17.3 Å². The van der Waals surface area contributed by atoms with Gasteiger partial charge in [-0.1, -0.05) is 17.7 Å². The van der Waals surface area contributed by atoms with Crippen LogP contribution in [0.15, 0.2) is 18.2 Å². The summed E-state index contributed by atoms with van der Waals surface area (Å²) in [7, 11) is 0. The zero-order chi connectivity index (χ0) is 11.1. The van der Waals surface area contributed by atoms with E-state index in [2.05, 4.69) is 4.90 Å². The van der Waals surface area contributed by atoms with Gasteiger partial charge in [-0.05, 0) is 44.2 Å². The highest BCUT2D eigenvalue weighted by Crippen LogP contribution is 2.44. The number of fused-ring (bicyclic) bond motifs is 2. The topological polar surface area (TPSA) is 29.3 Å². The lowest BCUT2D eigenvalue weighted by atomic mass is 10.0. The molecule has 1 aromatic rings. The zero-order valence-electron chi connectivity index (χ0n) is 9.32. The lowest BCUT2D eigenvalue weighted by molar-refractivity contribution is 0.469. The number of hydrogen-bond acceptors (Lipinski definition) is 2. The normalized spacial score (nSPS) is 28.4. The van der Waals surface area contributed by atoms with E-state index in [0.717, 1.165) is 16.4 Å². The van der Waals surface area contributed by atoms with E-state index in [0.29, 0.717) is 12.1 Å². The molecule has 2 saturated heterocycles. The minimum atomic E-state index is 0.668. The van der Waals surface area contributed by atoms with Gasteiger partial charge in [0.1, 0.15) is 0 Å². The number of hydrogen-bond donors (Lipinski definition) is 1. The van der Waals surface area contributed by atoms with Crippen molar-refractivity contribution in [1.29, 1.82) is 0 Å². The summed E-state index contributed by atoms with van der Waals surface area (Å²) in [4.78, 5) is 2.49. The van der Waals surface area contributed by atoms with E-state index in [1.54, 1.807) is 0 Å². The number of para-hydroxylation sites is 1. The number of nitrogen functional groups attached to an aromatic ring is 1. The van der Waals surface area contributed by atoms with Crippen molar-refractivity contribution in [2.75, 3.05) is 10.6 Å². The molecule has 2 nitrogen and oxygen atoms in total. The fraction of sp³-hybridized carbons (Fsp3) is 0.538. The molecule has 3 heteroatoms. The van der Waals surface area contributed by atoms with E-state index in [9.17, 15) is 0 Å². The van der Waals surface area contributed by atoms with Crippen LogP contribution in [0.2, 0.25) is 5.02 Å². The Hall–Kier alpha value is -0.890. The molecule has 0 aromatic heterocycles. The maximum absolute atomic E-state index is 6.30. The Labute approximate surface area is 101 Å². The second-order valence-corrected chi connectivity index (χ2v) is 5.31. The van der Waals surface area contributed by atoms with Crippen molar-refractivity contribution in [1.82, 2.24) is 0 Å². The van der Waals surface area contributed by atoms with Crippen LogP contribution in [0.4, 0.5) is 11.4 Å². The molecule has 2 fully saturated rings. The molecule has 0 spiro atoms. The molecule has 3 rings (SSSR count). The molecule has 2 atom stereocenters. The van der Waals surface area contributed by atoms with Crippen LogP contribution >= 0.6 is 11.6 Å². The van der Waals surface area contributed by atoms with Gasteiger partial charge in [-0.2, -0.15) is 0 Å². The minimum Gasteiger partial charge on any atom is -0.397 e. The third kappa shape index (κ3) is 1.47. The van der Waals surface area contributed by atoms with E-state index in [1.165, 1.54) is 32.1 Å².